The number of hydrogen-bond acceptors (Lipinski definition) is 1. The summed E-state index contributed by atoms with van der Waals surface area (Å²) in [5.74, 6) is 0. The highest BCUT2D eigenvalue weighted by molar-refractivity contribution is 6.50. The lowest BCUT2D eigenvalue weighted by Crippen LogP contribution is -2.23. The minimum Gasteiger partial charge on any atom is -0.418 e. The van der Waals surface area contributed by atoms with Gasteiger partial charge in [-0.15, -0.1) is 0 Å². The van der Waals surface area contributed by atoms with Gasteiger partial charge in [-0.05, 0) is 6.42 Å². The number of ether oxygens (including phenoxy) is 1. The summed E-state index contributed by atoms with van der Waals surface area (Å²) in [4.78, 5) is 0. The van der Waals surface area contributed by atoms with E-state index in [0.29, 0.717) is 6.73 Å². The van der Waals surface area contributed by atoms with Gasteiger partial charge in [0.15, 0.2) is 6.73 Å². The van der Waals surface area contributed by atoms with Crippen LogP contribution in [0.15, 0.2) is 18.7 Å². The van der Waals surface area contributed by atoms with Crippen LogP contribution < -0.4 is 4.57 Å². The highest BCUT2D eigenvalue weighted by atomic mass is 19.5. The molecule has 0 fully saturated rings. The van der Waals surface area contributed by atoms with Crippen LogP contribution in [0.5, 0.6) is 0 Å². The minimum absolute atomic E-state index is 0.676. The maximum atomic E-state index is 9.75. The molecule has 0 aliphatic rings. The molecule has 1 heterocycles. The van der Waals surface area contributed by atoms with Gasteiger partial charge in [-0.25, -0.2) is 9.13 Å². The van der Waals surface area contributed by atoms with E-state index in [1.165, 1.54) is 38.5 Å². The molecule has 0 unspecified atom stereocenters. The number of imidazole rings is 1. The van der Waals surface area contributed by atoms with E-state index in [1.54, 1.807) is 0 Å². The molecule has 0 saturated carbocycles. The Morgan fingerprint density at radius 2 is 1.62 bits per heavy atom. The summed E-state index contributed by atoms with van der Waals surface area (Å²) in [6.07, 6.45) is 14.0. The van der Waals surface area contributed by atoms with Crippen LogP contribution >= 0.6 is 0 Å². The Morgan fingerprint density at radius 1 is 1.05 bits per heavy atom. The number of hydrogen-bond donors (Lipinski definition) is 0. The normalized spacial score (nSPS) is 11.1. The fourth-order valence-electron chi connectivity index (χ4n) is 1.73. The van der Waals surface area contributed by atoms with Gasteiger partial charge in [0.2, 0.25) is 6.33 Å². The standard InChI is InChI=1S/C13H25N2O.BF4/c1-3-4-5-6-7-8-11-16-13-15-10-9-14(2)12-15;2-1(3,4)5/h9-10,12H,3-8,11,13H2,1-2H3;/q+1;-1. The van der Waals surface area contributed by atoms with Gasteiger partial charge in [-0.1, -0.05) is 39.0 Å². The molecule has 0 amide bonds. The molecule has 0 aliphatic carbocycles. The average molecular weight is 312 g/mol. The summed E-state index contributed by atoms with van der Waals surface area (Å²) in [6.45, 7) is 3.81. The molecule has 21 heavy (non-hydrogen) atoms. The molecule has 124 valence electrons. The number of aryl methyl sites for hydroxylation is 1. The van der Waals surface area contributed by atoms with Crippen molar-refractivity contribution in [3.63, 3.8) is 0 Å². The number of halogens is 4. The average Bonchev–Trinajstić information content (AvgIpc) is 2.76. The molecule has 1 aromatic rings. The van der Waals surface area contributed by atoms with Crippen molar-refractivity contribution < 1.29 is 26.6 Å². The summed E-state index contributed by atoms with van der Waals surface area (Å²) < 4.78 is 48.7. The van der Waals surface area contributed by atoms with Crippen LogP contribution in [0.3, 0.4) is 0 Å². The van der Waals surface area contributed by atoms with Gasteiger partial charge in [0.05, 0.1) is 13.7 Å². The molecule has 0 N–H and O–H groups in total. The third kappa shape index (κ3) is 16.9. The van der Waals surface area contributed by atoms with Gasteiger partial charge in [-0.3, -0.25) is 0 Å². The van der Waals surface area contributed by atoms with Crippen molar-refractivity contribution in [3.8, 4) is 0 Å². The molecule has 0 radical (unpaired) electrons. The lowest BCUT2D eigenvalue weighted by atomic mass is 10.1. The van der Waals surface area contributed by atoms with Gasteiger partial charge >= 0.3 is 7.25 Å². The first kappa shape index (κ1) is 20.0. The van der Waals surface area contributed by atoms with Crippen molar-refractivity contribution in [1.82, 2.24) is 4.57 Å². The summed E-state index contributed by atoms with van der Waals surface area (Å²) >= 11 is 0. The maximum absolute atomic E-state index is 9.75. The summed E-state index contributed by atoms with van der Waals surface area (Å²) in [7, 11) is -3.98. The lowest BCUT2D eigenvalue weighted by molar-refractivity contribution is -0.671. The summed E-state index contributed by atoms with van der Waals surface area (Å²) in [5.41, 5.74) is 0. The van der Waals surface area contributed by atoms with E-state index in [9.17, 15) is 17.3 Å². The van der Waals surface area contributed by atoms with Crippen molar-refractivity contribution in [3.05, 3.63) is 18.7 Å². The molecule has 0 spiro atoms. The van der Waals surface area contributed by atoms with Crippen LogP contribution in [-0.4, -0.2) is 18.4 Å². The van der Waals surface area contributed by atoms with Gasteiger partial charge < -0.3 is 22.0 Å². The number of unbranched alkanes of at least 4 members (excludes halogenated alkanes) is 5. The molecular weight excluding hydrogens is 287 g/mol. The maximum Gasteiger partial charge on any atom is 0.673 e. The Balaban J connectivity index is 0.000000690. The van der Waals surface area contributed by atoms with Crippen LogP contribution in [0.4, 0.5) is 17.3 Å². The van der Waals surface area contributed by atoms with Crippen molar-refractivity contribution in [2.75, 3.05) is 6.61 Å². The molecule has 0 saturated heterocycles. The van der Waals surface area contributed by atoms with Crippen molar-refractivity contribution in [1.29, 1.82) is 0 Å². The third-order valence-corrected chi connectivity index (χ3v) is 2.71. The van der Waals surface area contributed by atoms with E-state index in [1.807, 2.05) is 30.3 Å². The second kappa shape index (κ2) is 11.6. The quantitative estimate of drug-likeness (QED) is 0.292. The largest absolute Gasteiger partial charge is 0.673 e. The van der Waals surface area contributed by atoms with E-state index in [0.717, 1.165) is 6.61 Å². The number of rotatable bonds is 9. The van der Waals surface area contributed by atoms with E-state index in [-0.39, 0.29) is 0 Å². The number of aromatic nitrogens is 2. The molecule has 1 aromatic heterocycles. The van der Waals surface area contributed by atoms with E-state index >= 15 is 0 Å². The monoisotopic (exact) mass is 312 g/mol. The van der Waals surface area contributed by atoms with Crippen LogP contribution in [0.25, 0.3) is 0 Å². The predicted molar refractivity (Wildman–Crippen MR) is 75.1 cm³/mol. The van der Waals surface area contributed by atoms with Gasteiger partial charge in [0.25, 0.3) is 0 Å². The highest BCUT2D eigenvalue weighted by Crippen LogP contribution is 2.06. The van der Waals surface area contributed by atoms with Gasteiger partial charge in [0, 0.05) is 0 Å². The third-order valence-electron chi connectivity index (χ3n) is 2.71. The second-order valence-corrected chi connectivity index (χ2v) is 4.89. The highest BCUT2D eigenvalue weighted by Gasteiger charge is 2.20. The van der Waals surface area contributed by atoms with Crippen LogP contribution in [-0.2, 0) is 18.5 Å². The molecular formula is C13H25BF4N2O. The SMILES string of the molecule is CCCCCCCCOCn1cc[n+](C)c1.F[B-](F)(F)F. The zero-order chi connectivity index (χ0) is 16.1. The molecule has 0 aliphatic heterocycles. The Hall–Kier alpha value is -1.05. The first-order chi connectivity index (χ1) is 9.83. The lowest BCUT2D eigenvalue weighted by Gasteiger charge is -2.01. The van der Waals surface area contributed by atoms with Gasteiger partial charge in [0.1, 0.15) is 12.4 Å². The zero-order valence-electron chi connectivity index (χ0n) is 12.8. The first-order valence-electron chi connectivity index (χ1n) is 7.29. The van der Waals surface area contributed by atoms with Crippen LogP contribution in [0, 0.1) is 0 Å². The molecule has 1 rings (SSSR count). The Morgan fingerprint density at radius 3 is 2.14 bits per heavy atom. The summed E-state index contributed by atoms with van der Waals surface area (Å²) in [5, 5.41) is 0. The fourth-order valence-corrected chi connectivity index (χ4v) is 1.73. The molecule has 0 bridgehead atoms. The Bertz CT molecular complexity index is 352. The molecule has 0 aromatic carbocycles. The molecule has 3 nitrogen and oxygen atoms in total. The first-order valence-corrected chi connectivity index (χ1v) is 7.29. The van der Waals surface area contributed by atoms with Crippen molar-refractivity contribution in [2.24, 2.45) is 7.05 Å². The fraction of sp³-hybridized carbons (Fsp3) is 0.769. The molecule has 0 atom stereocenters. The zero-order valence-corrected chi connectivity index (χ0v) is 12.8. The van der Waals surface area contributed by atoms with E-state index in [4.69, 9.17) is 4.74 Å². The summed E-state index contributed by atoms with van der Waals surface area (Å²) in [6, 6.07) is 0. The molecule has 8 heteroatoms. The topological polar surface area (TPSA) is 18.0 Å². The van der Waals surface area contributed by atoms with Crippen molar-refractivity contribution >= 4 is 7.25 Å². The second-order valence-electron chi connectivity index (χ2n) is 4.89. The van der Waals surface area contributed by atoms with Crippen LogP contribution in [0.2, 0.25) is 0 Å². The Labute approximate surface area is 124 Å². The van der Waals surface area contributed by atoms with Crippen LogP contribution in [0.1, 0.15) is 45.4 Å². The van der Waals surface area contributed by atoms with E-state index < -0.39 is 7.25 Å². The predicted octanol–water partition coefficient (Wildman–Crippen LogP) is 3.95. The van der Waals surface area contributed by atoms with Crippen molar-refractivity contribution in [2.45, 2.75) is 52.2 Å². The number of nitrogens with zero attached hydrogens (tertiary/aromatic N) is 2. The minimum atomic E-state index is -6.00. The van der Waals surface area contributed by atoms with E-state index in [2.05, 4.69) is 11.5 Å². The Kier molecular flexibility index (Phi) is 11.0. The smallest absolute Gasteiger partial charge is 0.418 e. The van der Waals surface area contributed by atoms with Gasteiger partial charge in [-0.2, -0.15) is 0 Å².